The predicted molar refractivity (Wildman–Crippen MR) is 56.8 cm³/mol. The Morgan fingerprint density at radius 1 is 1.21 bits per heavy atom. The molecule has 0 unspecified atom stereocenters. The van der Waals surface area contributed by atoms with Crippen LogP contribution in [0.4, 0.5) is 0 Å². The van der Waals surface area contributed by atoms with Crippen molar-refractivity contribution in [3.8, 4) is 0 Å². The van der Waals surface area contributed by atoms with Gasteiger partial charge in [0.1, 0.15) is 0 Å². The third kappa shape index (κ3) is 0.715. The van der Waals surface area contributed by atoms with E-state index in [1.165, 1.54) is 6.08 Å². The zero-order valence-electron chi connectivity index (χ0n) is 8.40. The highest BCUT2D eigenvalue weighted by molar-refractivity contribution is 6.83. The van der Waals surface area contributed by atoms with Crippen LogP contribution >= 0.6 is 0 Å². The Morgan fingerprint density at radius 3 is 2.36 bits per heavy atom. The van der Waals surface area contributed by atoms with Crippen LogP contribution in [0.3, 0.4) is 0 Å². The first-order chi connectivity index (χ1) is 6.53. The molecule has 2 bridgehead atoms. The summed E-state index contributed by atoms with van der Waals surface area (Å²) < 4.78 is 0. The Balaban J connectivity index is 2.13. The first kappa shape index (κ1) is 8.47. The van der Waals surface area contributed by atoms with Crippen LogP contribution in [0.5, 0.6) is 0 Å². The fourth-order valence-corrected chi connectivity index (χ4v) is 7.89. The first-order valence-corrected chi connectivity index (χ1v) is 8.31. The van der Waals surface area contributed by atoms with E-state index in [0.717, 1.165) is 0 Å². The summed E-state index contributed by atoms with van der Waals surface area (Å²) in [5, 5.41) is 9.75. The van der Waals surface area contributed by atoms with Crippen LogP contribution in [-0.2, 0) is 4.79 Å². The summed E-state index contributed by atoms with van der Waals surface area (Å²) in [5.41, 5.74) is 0.950. The van der Waals surface area contributed by atoms with Crippen LogP contribution < -0.4 is 0 Å². The van der Waals surface area contributed by atoms with Gasteiger partial charge in [-0.2, -0.15) is 0 Å². The molecule has 74 valence electrons. The number of carbonyl (C=O) groups is 1. The highest BCUT2D eigenvalue weighted by Crippen LogP contribution is 2.63. The standard InChI is InChI=1S/C11H14O2Si/c1-14(2)8-3-4-9(14)11-7(13)5-6(12)10(8)11/h3-5,8-12H,1-2H3/t8-,9-,10+,11-/m0/s1. The minimum atomic E-state index is -1.35. The number of aliphatic hydroxyl groups excluding tert-OH is 1. The Labute approximate surface area is 84.3 Å². The van der Waals surface area contributed by atoms with Gasteiger partial charge in [0.25, 0.3) is 0 Å². The van der Waals surface area contributed by atoms with E-state index in [1.807, 2.05) is 0 Å². The molecule has 0 aromatic carbocycles. The maximum absolute atomic E-state index is 11.7. The van der Waals surface area contributed by atoms with Crippen molar-refractivity contribution in [2.45, 2.75) is 24.2 Å². The molecule has 3 rings (SSSR count). The molecule has 2 nitrogen and oxygen atoms in total. The lowest BCUT2D eigenvalue weighted by molar-refractivity contribution is -0.118. The quantitative estimate of drug-likeness (QED) is 0.487. The Bertz CT molecular complexity index is 381. The van der Waals surface area contributed by atoms with E-state index in [0.29, 0.717) is 16.8 Å². The van der Waals surface area contributed by atoms with Gasteiger partial charge in [-0.25, -0.2) is 0 Å². The molecule has 1 N–H and O–H groups in total. The molecule has 4 atom stereocenters. The maximum atomic E-state index is 11.7. The number of ketones is 1. The Kier molecular flexibility index (Phi) is 1.34. The topological polar surface area (TPSA) is 37.3 Å². The van der Waals surface area contributed by atoms with Crippen LogP contribution in [0.2, 0.25) is 24.2 Å². The zero-order valence-corrected chi connectivity index (χ0v) is 9.40. The van der Waals surface area contributed by atoms with Crippen LogP contribution in [0.1, 0.15) is 0 Å². The van der Waals surface area contributed by atoms with E-state index in [9.17, 15) is 9.90 Å². The number of aliphatic hydroxyl groups is 1. The average molecular weight is 206 g/mol. The molecule has 1 aliphatic carbocycles. The molecule has 0 radical (unpaired) electrons. The molecule has 0 saturated carbocycles. The van der Waals surface area contributed by atoms with Crippen LogP contribution in [0.25, 0.3) is 0 Å². The van der Waals surface area contributed by atoms with Gasteiger partial charge < -0.3 is 5.11 Å². The molecule has 1 saturated heterocycles. The number of hydrogen-bond donors (Lipinski definition) is 1. The van der Waals surface area contributed by atoms with Crippen LogP contribution in [0.15, 0.2) is 24.0 Å². The van der Waals surface area contributed by atoms with Gasteiger partial charge in [-0.3, -0.25) is 4.79 Å². The van der Waals surface area contributed by atoms with Gasteiger partial charge in [-0.05, 0) is 11.1 Å². The average Bonchev–Trinajstić information content (AvgIpc) is 2.63. The minimum Gasteiger partial charge on any atom is -0.512 e. The smallest absolute Gasteiger partial charge is 0.163 e. The van der Waals surface area contributed by atoms with Crippen LogP contribution in [-0.4, -0.2) is 19.0 Å². The van der Waals surface area contributed by atoms with E-state index in [1.54, 1.807) is 0 Å². The molecule has 14 heavy (non-hydrogen) atoms. The summed E-state index contributed by atoms with van der Waals surface area (Å²) >= 11 is 0. The molecular formula is C11H14O2Si. The van der Waals surface area contributed by atoms with Crippen molar-refractivity contribution < 1.29 is 9.90 Å². The summed E-state index contributed by atoms with van der Waals surface area (Å²) in [6, 6.07) is 0. The molecule has 1 fully saturated rings. The van der Waals surface area contributed by atoms with E-state index in [2.05, 4.69) is 25.2 Å². The van der Waals surface area contributed by atoms with Gasteiger partial charge in [-0.15, -0.1) is 0 Å². The largest absolute Gasteiger partial charge is 0.512 e. The fourth-order valence-electron chi connectivity index (χ4n) is 3.63. The fraction of sp³-hybridized carbons (Fsp3) is 0.545. The number of allylic oxidation sites excluding steroid dienone is 4. The van der Waals surface area contributed by atoms with E-state index < -0.39 is 8.07 Å². The second-order valence-corrected chi connectivity index (χ2v) is 10.3. The van der Waals surface area contributed by atoms with E-state index in [-0.39, 0.29) is 17.6 Å². The monoisotopic (exact) mass is 206 g/mol. The van der Waals surface area contributed by atoms with Crippen molar-refractivity contribution in [2.24, 2.45) is 11.8 Å². The molecule has 0 aromatic heterocycles. The van der Waals surface area contributed by atoms with Crippen molar-refractivity contribution in [2.75, 3.05) is 0 Å². The van der Waals surface area contributed by atoms with Crippen LogP contribution in [0, 0.1) is 11.8 Å². The molecule has 2 heterocycles. The summed E-state index contributed by atoms with van der Waals surface area (Å²) in [7, 11) is -1.35. The van der Waals surface area contributed by atoms with Gasteiger partial charge in [0.05, 0.1) is 13.8 Å². The molecule has 3 aliphatic rings. The summed E-state index contributed by atoms with van der Waals surface area (Å²) in [5.74, 6) is 0.730. The second kappa shape index (κ2) is 2.22. The maximum Gasteiger partial charge on any atom is 0.163 e. The van der Waals surface area contributed by atoms with Crippen molar-refractivity contribution in [1.82, 2.24) is 0 Å². The van der Waals surface area contributed by atoms with Crippen molar-refractivity contribution in [3.05, 3.63) is 24.0 Å². The second-order valence-electron chi connectivity index (χ2n) is 5.28. The van der Waals surface area contributed by atoms with Gasteiger partial charge in [-0.1, -0.05) is 25.2 Å². The van der Waals surface area contributed by atoms with Crippen molar-refractivity contribution >= 4 is 13.9 Å². The third-order valence-electron chi connectivity index (χ3n) is 4.36. The highest BCUT2D eigenvalue weighted by atomic mass is 28.3. The van der Waals surface area contributed by atoms with Gasteiger partial charge >= 0.3 is 0 Å². The predicted octanol–water partition coefficient (Wildman–Crippen LogP) is 2.28. The van der Waals surface area contributed by atoms with Gasteiger partial charge in [0.15, 0.2) is 5.78 Å². The Morgan fingerprint density at radius 2 is 1.79 bits per heavy atom. The van der Waals surface area contributed by atoms with Crippen molar-refractivity contribution in [3.63, 3.8) is 0 Å². The van der Waals surface area contributed by atoms with Gasteiger partial charge in [0.2, 0.25) is 0 Å². The van der Waals surface area contributed by atoms with E-state index in [4.69, 9.17) is 0 Å². The SMILES string of the molecule is C[Si]1(C)[C@H]2C=C[C@H]1[C@H]1C(O)=CC(=O)[C@H]12. The van der Waals surface area contributed by atoms with E-state index >= 15 is 0 Å². The molecule has 2 aliphatic heterocycles. The Hall–Kier alpha value is -0.833. The summed E-state index contributed by atoms with van der Waals surface area (Å²) in [6.45, 7) is 4.67. The van der Waals surface area contributed by atoms with Crippen molar-refractivity contribution in [1.29, 1.82) is 0 Å². The lowest BCUT2D eigenvalue weighted by Gasteiger charge is -2.23. The number of fused-ring (bicyclic) bond motifs is 5. The third-order valence-corrected chi connectivity index (χ3v) is 8.90. The highest BCUT2D eigenvalue weighted by Gasteiger charge is 2.62. The summed E-state index contributed by atoms with van der Waals surface area (Å²) in [4.78, 5) is 11.7. The lowest BCUT2D eigenvalue weighted by Crippen LogP contribution is -2.29. The zero-order chi connectivity index (χ0) is 10.1. The number of carbonyl (C=O) groups excluding carboxylic acids is 1. The molecular weight excluding hydrogens is 192 g/mol. The number of hydrogen-bond acceptors (Lipinski definition) is 2. The normalized spacial score (nSPS) is 47.0. The molecule has 0 spiro atoms. The number of rotatable bonds is 0. The first-order valence-electron chi connectivity index (χ1n) is 5.16. The van der Waals surface area contributed by atoms with Gasteiger partial charge in [0, 0.05) is 17.9 Å². The molecule has 0 amide bonds. The minimum absolute atomic E-state index is 0.0895. The molecule has 3 heteroatoms. The summed E-state index contributed by atoms with van der Waals surface area (Å²) in [6.07, 6.45) is 5.91. The molecule has 0 aromatic rings. The lowest BCUT2D eigenvalue weighted by atomic mass is 9.84.